The van der Waals surface area contributed by atoms with E-state index in [1.165, 1.54) is 0 Å². The lowest BCUT2D eigenvalue weighted by Gasteiger charge is -2.08. The Morgan fingerprint density at radius 1 is 1.62 bits per heavy atom. The average Bonchev–Trinajstić information content (AvgIpc) is 1.62. The molecule has 0 aromatic carbocycles. The fraction of sp³-hybridized carbons (Fsp3) is 0.500. The summed E-state index contributed by atoms with van der Waals surface area (Å²) < 4.78 is 34.0. The van der Waals surface area contributed by atoms with Gasteiger partial charge in [0.25, 0.3) is 0 Å². The van der Waals surface area contributed by atoms with Gasteiger partial charge < -0.3 is 5.11 Å². The summed E-state index contributed by atoms with van der Waals surface area (Å²) in [4.78, 5) is 0. The summed E-state index contributed by atoms with van der Waals surface area (Å²) in [5.74, 6) is 0. The van der Waals surface area contributed by atoms with Crippen LogP contribution in [-0.4, -0.2) is 17.4 Å². The zero-order valence-corrected chi connectivity index (χ0v) is 3.94. The highest BCUT2D eigenvalue weighted by molar-refractivity contribution is 4.83. The highest BCUT2D eigenvalue weighted by atomic mass is 19.3. The van der Waals surface area contributed by atoms with Crippen LogP contribution in [0.1, 0.15) is 0 Å². The molecule has 0 aromatic rings. The predicted molar refractivity (Wildman–Crippen MR) is 22.3 cm³/mol. The van der Waals surface area contributed by atoms with Crippen LogP contribution in [0.4, 0.5) is 13.2 Å². The number of alkyl halides is 3. The molecular weight excluding hydrogens is 121 g/mol. The third-order valence-corrected chi connectivity index (χ3v) is 0.539. The molecule has 1 atom stereocenters. The first-order chi connectivity index (χ1) is 3.48. The van der Waals surface area contributed by atoms with Crippen LogP contribution in [0.25, 0.3) is 0 Å². The van der Waals surface area contributed by atoms with Crippen LogP contribution >= 0.6 is 0 Å². The summed E-state index contributed by atoms with van der Waals surface area (Å²) in [6.45, 7) is 2.71. The van der Waals surface area contributed by atoms with E-state index < -0.39 is 12.3 Å². The molecule has 0 aliphatic heterocycles. The Morgan fingerprint density at radius 3 is 2.00 bits per heavy atom. The van der Waals surface area contributed by atoms with E-state index in [0.717, 1.165) is 0 Å². The van der Waals surface area contributed by atoms with Crippen LogP contribution < -0.4 is 0 Å². The van der Waals surface area contributed by atoms with E-state index in [9.17, 15) is 13.2 Å². The maximum Gasteiger partial charge on any atom is 0.388 e. The number of rotatable bonds is 2. The molecule has 1 unspecified atom stereocenters. The first-order valence-electron chi connectivity index (χ1n) is 1.85. The van der Waals surface area contributed by atoms with Gasteiger partial charge in [0.05, 0.1) is 0 Å². The third kappa shape index (κ3) is 1.97. The summed E-state index contributed by atoms with van der Waals surface area (Å²) in [5.41, 5.74) is 0. The molecule has 0 saturated carbocycles. The average molecular weight is 126 g/mol. The van der Waals surface area contributed by atoms with Crippen LogP contribution in [0.2, 0.25) is 0 Å². The molecule has 0 saturated heterocycles. The van der Waals surface area contributed by atoms with Gasteiger partial charge in [-0.05, 0) is 6.08 Å². The van der Waals surface area contributed by atoms with E-state index >= 15 is 0 Å². The van der Waals surface area contributed by atoms with E-state index in [2.05, 4.69) is 6.58 Å². The van der Waals surface area contributed by atoms with Gasteiger partial charge in [0.2, 0.25) is 6.17 Å². The Balaban J connectivity index is 3.80. The Labute approximate surface area is 44.4 Å². The number of aliphatic hydroxyl groups is 1. The minimum atomic E-state index is -4.28. The molecule has 0 radical (unpaired) electrons. The van der Waals surface area contributed by atoms with E-state index in [1.807, 2.05) is 0 Å². The molecule has 0 rings (SSSR count). The zero-order chi connectivity index (χ0) is 6.78. The first-order valence-corrected chi connectivity index (χ1v) is 1.85. The van der Waals surface area contributed by atoms with Gasteiger partial charge in [-0.2, -0.15) is 8.78 Å². The quantitative estimate of drug-likeness (QED) is 0.549. The molecule has 4 heteroatoms. The molecule has 0 fully saturated rings. The molecule has 1 nitrogen and oxygen atoms in total. The van der Waals surface area contributed by atoms with Crippen molar-refractivity contribution in [3.05, 3.63) is 12.7 Å². The number of halogens is 3. The minimum absolute atomic E-state index is 0.333. The van der Waals surface area contributed by atoms with E-state index in [4.69, 9.17) is 5.11 Å². The molecule has 8 heavy (non-hydrogen) atoms. The van der Waals surface area contributed by atoms with E-state index in [0.29, 0.717) is 6.08 Å². The largest absolute Gasteiger partial charge is 0.388 e. The first kappa shape index (κ1) is 7.49. The van der Waals surface area contributed by atoms with Gasteiger partial charge in [-0.15, -0.1) is 0 Å². The maximum atomic E-state index is 11.5. The molecular formula is C4H5F3O. The number of hydrogen-bond acceptors (Lipinski definition) is 1. The molecule has 0 spiro atoms. The Bertz CT molecular complexity index is 85.8. The van der Waals surface area contributed by atoms with Crippen LogP contribution in [-0.2, 0) is 0 Å². The van der Waals surface area contributed by atoms with Gasteiger partial charge in [-0.3, -0.25) is 0 Å². The highest BCUT2D eigenvalue weighted by Crippen LogP contribution is 2.17. The second-order valence-corrected chi connectivity index (χ2v) is 1.23. The minimum Gasteiger partial charge on any atom is -0.334 e. The molecule has 0 bridgehead atoms. The fourth-order valence-electron chi connectivity index (χ4n) is 0.142. The van der Waals surface area contributed by atoms with Crippen molar-refractivity contribution in [1.29, 1.82) is 0 Å². The maximum absolute atomic E-state index is 11.5. The lowest BCUT2D eigenvalue weighted by Crippen LogP contribution is -2.26. The molecule has 0 aromatic heterocycles. The lowest BCUT2D eigenvalue weighted by atomic mass is 10.4. The van der Waals surface area contributed by atoms with Crippen LogP contribution in [0.5, 0.6) is 0 Å². The normalized spacial score (nSPS) is 15.5. The topological polar surface area (TPSA) is 20.2 Å². The third-order valence-electron chi connectivity index (χ3n) is 0.539. The van der Waals surface area contributed by atoms with Crippen molar-refractivity contribution < 1.29 is 18.3 Å². The SMILES string of the molecule is C=CC(F)C(O)(F)F. The summed E-state index contributed by atoms with van der Waals surface area (Å²) in [6.07, 6.45) is -6.61. The van der Waals surface area contributed by atoms with Crippen molar-refractivity contribution in [2.75, 3.05) is 0 Å². The van der Waals surface area contributed by atoms with Gasteiger partial charge in [-0.1, -0.05) is 6.58 Å². The molecule has 1 N–H and O–H groups in total. The summed E-state index contributed by atoms with van der Waals surface area (Å²) in [6, 6.07) is 0. The monoisotopic (exact) mass is 126 g/mol. The molecule has 0 aliphatic rings. The molecule has 48 valence electrons. The summed E-state index contributed by atoms with van der Waals surface area (Å²) >= 11 is 0. The number of hydrogen-bond donors (Lipinski definition) is 1. The second kappa shape index (κ2) is 2.17. The van der Waals surface area contributed by atoms with Crippen molar-refractivity contribution in [3.63, 3.8) is 0 Å². The van der Waals surface area contributed by atoms with E-state index in [1.54, 1.807) is 0 Å². The molecule has 0 amide bonds. The van der Waals surface area contributed by atoms with Gasteiger partial charge in [0.15, 0.2) is 0 Å². The van der Waals surface area contributed by atoms with Crippen molar-refractivity contribution in [1.82, 2.24) is 0 Å². The van der Waals surface area contributed by atoms with Gasteiger partial charge >= 0.3 is 6.11 Å². The second-order valence-electron chi connectivity index (χ2n) is 1.23. The predicted octanol–water partition coefficient (Wildman–Crippen LogP) is 1.10. The van der Waals surface area contributed by atoms with Crippen molar-refractivity contribution in [2.24, 2.45) is 0 Å². The van der Waals surface area contributed by atoms with Gasteiger partial charge in [0.1, 0.15) is 0 Å². The van der Waals surface area contributed by atoms with Crippen molar-refractivity contribution >= 4 is 0 Å². The van der Waals surface area contributed by atoms with Crippen molar-refractivity contribution in [2.45, 2.75) is 12.3 Å². The zero-order valence-electron chi connectivity index (χ0n) is 3.94. The van der Waals surface area contributed by atoms with Crippen LogP contribution in [0, 0.1) is 0 Å². The lowest BCUT2D eigenvalue weighted by molar-refractivity contribution is -0.228. The van der Waals surface area contributed by atoms with Crippen molar-refractivity contribution in [3.8, 4) is 0 Å². The Morgan fingerprint density at radius 2 is 2.00 bits per heavy atom. The standard InChI is InChI=1S/C4H5F3O/c1-2-3(5)4(6,7)8/h2-3,8H,1H2. The molecule has 0 aliphatic carbocycles. The summed E-state index contributed by atoms with van der Waals surface area (Å²) in [7, 11) is 0. The van der Waals surface area contributed by atoms with Gasteiger partial charge in [-0.25, -0.2) is 4.39 Å². The highest BCUT2D eigenvalue weighted by Gasteiger charge is 2.34. The smallest absolute Gasteiger partial charge is 0.334 e. The molecule has 0 heterocycles. The summed E-state index contributed by atoms with van der Waals surface area (Å²) in [5, 5.41) is 7.51. The van der Waals surface area contributed by atoms with Crippen LogP contribution in [0.3, 0.4) is 0 Å². The Hall–Kier alpha value is -0.510. The van der Waals surface area contributed by atoms with E-state index in [-0.39, 0.29) is 0 Å². The van der Waals surface area contributed by atoms with Crippen LogP contribution in [0.15, 0.2) is 12.7 Å². The van der Waals surface area contributed by atoms with Gasteiger partial charge in [0, 0.05) is 0 Å². The Kier molecular flexibility index (Phi) is 2.03. The fourth-order valence-corrected chi connectivity index (χ4v) is 0.142.